The highest BCUT2D eigenvalue weighted by atomic mass is 32.1. The Bertz CT molecular complexity index is 382. The van der Waals surface area contributed by atoms with E-state index in [2.05, 4.69) is 22.6 Å². The average molecular weight is 203 g/mol. The Morgan fingerprint density at radius 1 is 1.77 bits per heavy atom. The summed E-state index contributed by atoms with van der Waals surface area (Å²) in [6.07, 6.45) is 0. The minimum Gasteiger partial charge on any atom is -0.358 e. The van der Waals surface area contributed by atoms with Crippen LogP contribution in [0, 0.1) is 17.4 Å². The summed E-state index contributed by atoms with van der Waals surface area (Å²) in [7, 11) is 1.52. The monoisotopic (exact) mass is 203 g/mol. The van der Waals surface area contributed by atoms with Crippen LogP contribution in [0.15, 0.2) is 0 Å². The molecule has 0 spiro atoms. The summed E-state index contributed by atoms with van der Waals surface area (Å²) in [6, 6.07) is 0. The molecule has 1 heterocycles. The zero-order valence-electron chi connectivity index (χ0n) is 7.35. The Kier molecular flexibility index (Phi) is 2.82. The van der Waals surface area contributed by atoms with Crippen LogP contribution in [-0.4, -0.2) is 22.7 Å². The number of rotatable bonds is 2. The summed E-state index contributed by atoms with van der Waals surface area (Å²) in [5, 5.41) is 5.01. The maximum atomic E-state index is 13.0. The SMILES string of the molecule is CNC(=O)Cn1[nH]c(=S)c(F)c1C. The Morgan fingerprint density at radius 3 is 2.77 bits per heavy atom. The number of aromatic nitrogens is 2. The standard InChI is InChI=1S/C7H10FN3OS/c1-4-6(8)7(13)10-11(4)3-5(12)9-2/h3H2,1-2H3,(H,9,12)(H,10,13). The van der Waals surface area contributed by atoms with E-state index in [1.54, 1.807) is 6.92 Å². The molecular weight excluding hydrogens is 193 g/mol. The van der Waals surface area contributed by atoms with Crippen molar-refractivity contribution in [2.75, 3.05) is 7.05 Å². The Labute approximate surface area is 79.7 Å². The fourth-order valence-electron chi connectivity index (χ4n) is 0.919. The van der Waals surface area contributed by atoms with Gasteiger partial charge in [-0.1, -0.05) is 12.2 Å². The first-order chi connectivity index (χ1) is 6.06. The molecule has 0 aliphatic carbocycles. The van der Waals surface area contributed by atoms with Crippen molar-refractivity contribution in [3.63, 3.8) is 0 Å². The topological polar surface area (TPSA) is 49.8 Å². The van der Waals surface area contributed by atoms with Crippen LogP contribution in [0.25, 0.3) is 0 Å². The van der Waals surface area contributed by atoms with Crippen molar-refractivity contribution in [3.8, 4) is 0 Å². The van der Waals surface area contributed by atoms with Gasteiger partial charge in [0.05, 0.1) is 5.69 Å². The van der Waals surface area contributed by atoms with Gasteiger partial charge in [-0.15, -0.1) is 0 Å². The number of likely N-dealkylation sites (N-methyl/N-ethyl adjacent to an activating group) is 1. The highest BCUT2D eigenvalue weighted by Crippen LogP contribution is 2.06. The van der Waals surface area contributed by atoms with E-state index in [1.165, 1.54) is 11.7 Å². The molecule has 2 N–H and O–H groups in total. The van der Waals surface area contributed by atoms with Crippen molar-refractivity contribution in [1.29, 1.82) is 0 Å². The van der Waals surface area contributed by atoms with Crippen molar-refractivity contribution in [1.82, 2.24) is 15.1 Å². The normalized spacial score (nSPS) is 10.1. The molecule has 1 rings (SSSR count). The summed E-state index contributed by atoms with van der Waals surface area (Å²) in [5.41, 5.74) is 0.341. The Balaban J connectivity index is 2.96. The van der Waals surface area contributed by atoms with Crippen molar-refractivity contribution < 1.29 is 9.18 Å². The van der Waals surface area contributed by atoms with Crippen LogP contribution in [0.4, 0.5) is 4.39 Å². The van der Waals surface area contributed by atoms with E-state index in [9.17, 15) is 9.18 Å². The van der Waals surface area contributed by atoms with Gasteiger partial charge in [0.25, 0.3) is 0 Å². The van der Waals surface area contributed by atoms with Crippen LogP contribution in [0.5, 0.6) is 0 Å². The van der Waals surface area contributed by atoms with Crippen molar-refractivity contribution >= 4 is 18.1 Å². The number of carbonyl (C=O) groups excluding carboxylic acids is 1. The molecule has 4 nitrogen and oxygen atoms in total. The quantitative estimate of drug-likeness (QED) is 0.696. The molecule has 0 atom stereocenters. The third-order valence-electron chi connectivity index (χ3n) is 1.74. The predicted octanol–water partition coefficient (Wildman–Crippen LogP) is 0.739. The van der Waals surface area contributed by atoms with Gasteiger partial charge >= 0.3 is 0 Å². The maximum absolute atomic E-state index is 13.0. The number of nitrogens with zero attached hydrogens (tertiary/aromatic N) is 1. The number of hydrogen-bond donors (Lipinski definition) is 2. The largest absolute Gasteiger partial charge is 0.358 e. The molecular formula is C7H10FN3OS. The molecule has 1 amide bonds. The maximum Gasteiger partial charge on any atom is 0.241 e. The molecule has 72 valence electrons. The minimum atomic E-state index is -0.473. The van der Waals surface area contributed by atoms with Gasteiger partial charge in [0.1, 0.15) is 6.54 Å². The molecule has 0 unspecified atom stereocenters. The lowest BCUT2D eigenvalue weighted by molar-refractivity contribution is -0.121. The lowest BCUT2D eigenvalue weighted by atomic mass is 10.4. The second-order valence-corrected chi connectivity index (χ2v) is 3.01. The number of halogens is 1. The van der Waals surface area contributed by atoms with Gasteiger partial charge in [0, 0.05) is 7.05 Å². The third-order valence-corrected chi connectivity index (χ3v) is 2.01. The molecule has 0 saturated carbocycles. The fraction of sp³-hybridized carbons (Fsp3) is 0.429. The third kappa shape index (κ3) is 1.95. The molecule has 1 aromatic rings. The smallest absolute Gasteiger partial charge is 0.241 e. The number of H-pyrrole nitrogens is 1. The highest BCUT2D eigenvalue weighted by Gasteiger charge is 2.09. The first-order valence-electron chi connectivity index (χ1n) is 3.71. The molecule has 0 bridgehead atoms. The van der Waals surface area contributed by atoms with E-state index in [4.69, 9.17) is 0 Å². The fourth-order valence-corrected chi connectivity index (χ4v) is 1.18. The van der Waals surface area contributed by atoms with Crippen LogP contribution in [0.3, 0.4) is 0 Å². The van der Waals surface area contributed by atoms with E-state index in [0.29, 0.717) is 5.69 Å². The Morgan fingerprint density at radius 2 is 2.38 bits per heavy atom. The molecule has 0 fully saturated rings. The van der Waals surface area contributed by atoms with E-state index in [-0.39, 0.29) is 17.1 Å². The summed E-state index contributed by atoms with van der Waals surface area (Å²) in [4.78, 5) is 10.9. The van der Waals surface area contributed by atoms with Crippen LogP contribution in [0.2, 0.25) is 0 Å². The van der Waals surface area contributed by atoms with Crippen LogP contribution in [0.1, 0.15) is 5.69 Å². The van der Waals surface area contributed by atoms with E-state index in [0.717, 1.165) is 0 Å². The minimum absolute atomic E-state index is 0.0291. The zero-order valence-corrected chi connectivity index (χ0v) is 8.17. The molecule has 0 radical (unpaired) electrons. The Hall–Kier alpha value is -1.17. The lowest BCUT2D eigenvalue weighted by Crippen LogP contribution is -2.24. The van der Waals surface area contributed by atoms with Gasteiger partial charge in [-0.05, 0) is 6.92 Å². The lowest BCUT2D eigenvalue weighted by Gasteiger charge is -2.02. The number of nitrogens with one attached hydrogen (secondary N) is 2. The van der Waals surface area contributed by atoms with E-state index in [1.807, 2.05) is 0 Å². The molecule has 1 aromatic heterocycles. The first-order valence-corrected chi connectivity index (χ1v) is 4.12. The van der Waals surface area contributed by atoms with Gasteiger partial charge in [0.2, 0.25) is 5.91 Å². The van der Waals surface area contributed by atoms with Gasteiger partial charge in [-0.3, -0.25) is 14.6 Å². The van der Waals surface area contributed by atoms with Crippen LogP contribution in [-0.2, 0) is 11.3 Å². The molecule has 13 heavy (non-hydrogen) atoms. The average Bonchev–Trinajstić information content (AvgIpc) is 2.34. The summed E-state index contributed by atoms with van der Waals surface area (Å²) in [5.74, 6) is -0.678. The summed E-state index contributed by atoms with van der Waals surface area (Å²) < 4.78 is 14.4. The highest BCUT2D eigenvalue weighted by molar-refractivity contribution is 7.71. The second kappa shape index (κ2) is 3.69. The van der Waals surface area contributed by atoms with Gasteiger partial charge in [-0.2, -0.15) is 0 Å². The number of carbonyl (C=O) groups is 1. The molecule has 0 aliphatic heterocycles. The molecule has 6 heteroatoms. The van der Waals surface area contributed by atoms with Gasteiger partial charge in [0.15, 0.2) is 10.5 Å². The second-order valence-electron chi connectivity index (χ2n) is 2.60. The molecule has 0 aliphatic rings. The number of amides is 1. The molecule has 0 saturated heterocycles. The summed E-state index contributed by atoms with van der Waals surface area (Å²) in [6.45, 7) is 1.61. The predicted molar refractivity (Wildman–Crippen MR) is 48.4 cm³/mol. The van der Waals surface area contributed by atoms with Crippen molar-refractivity contribution in [3.05, 3.63) is 16.2 Å². The zero-order chi connectivity index (χ0) is 10.0. The van der Waals surface area contributed by atoms with E-state index < -0.39 is 5.82 Å². The van der Waals surface area contributed by atoms with Gasteiger partial charge in [-0.25, -0.2) is 4.39 Å². The van der Waals surface area contributed by atoms with Crippen molar-refractivity contribution in [2.45, 2.75) is 13.5 Å². The number of hydrogen-bond acceptors (Lipinski definition) is 2. The van der Waals surface area contributed by atoms with Gasteiger partial charge < -0.3 is 5.32 Å². The van der Waals surface area contributed by atoms with Crippen LogP contribution >= 0.6 is 12.2 Å². The van der Waals surface area contributed by atoms with Crippen LogP contribution < -0.4 is 5.32 Å². The van der Waals surface area contributed by atoms with E-state index >= 15 is 0 Å². The first kappa shape index (κ1) is 9.91. The molecule has 0 aromatic carbocycles. The number of aromatic amines is 1. The summed E-state index contributed by atoms with van der Waals surface area (Å²) >= 11 is 4.67. The van der Waals surface area contributed by atoms with Crippen molar-refractivity contribution in [2.24, 2.45) is 0 Å².